The molecule has 4 aromatic rings. The number of nitrogens with one attached hydrogen (secondary N) is 2. The lowest BCUT2D eigenvalue weighted by Gasteiger charge is -2.26. The molecule has 2 N–H and O–H groups in total. The van der Waals surface area contributed by atoms with Crippen molar-refractivity contribution in [3.8, 4) is 0 Å². The molecule has 8 nitrogen and oxygen atoms in total. The number of halogens is 1. The Bertz CT molecular complexity index is 1420. The molecule has 0 radical (unpaired) electrons. The van der Waals surface area contributed by atoms with Crippen LogP contribution in [0.2, 0.25) is 5.02 Å². The van der Waals surface area contributed by atoms with Crippen LogP contribution in [0.5, 0.6) is 0 Å². The van der Waals surface area contributed by atoms with E-state index in [9.17, 15) is 14.4 Å². The molecule has 4 rings (SSSR count). The molecule has 2 atom stereocenters. The second kappa shape index (κ2) is 12.7. The zero-order valence-corrected chi connectivity index (χ0v) is 21.4. The zero-order valence-electron chi connectivity index (χ0n) is 20.6. The number of aromatic nitrogens is 1. The maximum atomic E-state index is 13.2. The molecule has 0 aliphatic rings. The van der Waals surface area contributed by atoms with Gasteiger partial charge in [-0.05, 0) is 42.0 Å². The molecule has 1 aromatic heterocycles. The van der Waals surface area contributed by atoms with Crippen molar-refractivity contribution >= 4 is 46.0 Å². The van der Waals surface area contributed by atoms with Crippen LogP contribution in [0.15, 0.2) is 91.1 Å². The van der Waals surface area contributed by atoms with E-state index in [0.29, 0.717) is 16.1 Å². The summed E-state index contributed by atoms with van der Waals surface area (Å²) in [7, 11) is 0. The van der Waals surface area contributed by atoms with Gasteiger partial charge in [-0.2, -0.15) is 0 Å². The van der Waals surface area contributed by atoms with Crippen LogP contribution in [0.25, 0.3) is 10.9 Å². The predicted molar refractivity (Wildman–Crippen MR) is 145 cm³/mol. The second-order valence-corrected chi connectivity index (χ2v) is 8.81. The minimum absolute atomic E-state index is 0.0118. The van der Waals surface area contributed by atoms with Gasteiger partial charge < -0.3 is 20.1 Å². The Morgan fingerprint density at radius 2 is 1.66 bits per heavy atom. The first kappa shape index (κ1) is 26.6. The molecular weight excluding hydrogens is 506 g/mol. The first-order valence-electron chi connectivity index (χ1n) is 12.0. The molecule has 38 heavy (non-hydrogen) atoms. The number of amides is 1. The Hall–Kier alpha value is -4.43. The van der Waals surface area contributed by atoms with Crippen molar-refractivity contribution in [3.63, 3.8) is 0 Å². The lowest BCUT2D eigenvalue weighted by atomic mass is 10.0. The normalized spacial score (nSPS) is 12.3. The number of carbonyl (C=O) groups excluding carboxylic acids is 3. The number of fused-ring (bicyclic) bond motifs is 1. The van der Waals surface area contributed by atoms with Gasteiger partial charge in [-0.3, -0.25) is 14.6 Å². The second-order valence-electron chi connectivity index (χ2n) is 8.37. The van der Waals surface area contributed by atoms with E-state index in [1.54, 1.807) is 79.0 Å². The highest BCUT2D eigenvalue weighted by Crippen LogP contribution is 2.25. The van der Waals surface area contributed by atoms with Crippen molar-refractivity contribution in [2.24, 2.45) is 0 Å². The first-order valence-corrected chi connectivity index (χ1v) is 12.3. The monoisotopic (exact) mass is 531 g/mol. The highest BCUT2D eigenvalue weighted by molar-refractivity contribution is 6.31. The number of hydrogen-bond donors (Lipinski definition) is 2. The summed E-state index contributed by atoms with van der Waals surface area (Å²) >= 11 is 6.05. The lowest BCUT2D eigenvalue weighted by molar-refractivity contribution is -0.168. The van der Waals surface area contributed by atoms with Crippen LogP contribution in [0, 0.1) is 0 Å². The Kier molecular flexibility index (Phi) is 8.89. The fourth-order valence-electron chi connectivity index (χ4n) is 3.93. The Labute approximate surface area is 224 Å². The summed E-state index contributed by atoms with van der Waals surface area (Å²) in [6.07, 6.45) is 0.260. The number of pyridine rings is 1. The number of esters is 2. The molecule has 0 fully saturated rings. The summed E-state index contributed by atoms with van der Waals surface area (Å²) in [6.45, 7) is 1.47. The van der Waals surface area contributed by atoms with Crippen molar-refractivity contribution in [2.75, 3.05) is 18.5 Å². The Morgan fingerprint density at radius 3 is 2.37 bits per heavy atom. The van der Waals surface area contributed by atoms with E-state index >= 15 is 0 Å². The van der Waals surface area contributed by atoms with Gasteiger partial charge in [0, 0.05) is 41.3 Å². The molecule has 194 valence electrons. The molecule has 1 amide bonds. The summed E-state index contributed by atoms with van der Waals surface area (Å²) < 4.78 is 10.9. The molecule has 9 heteroatoms. The third-order valence-electron chi connectivity index (χ3n) is 5.68. The molecule has 0 bridgehead atoms. The van der Waals surface area contributed by atoms with E-state index in [2.05, 4.69) is 15.6 Å². The van der Waals surface area contributed by atoms with Gasteiger partial charge in [-0.15, -0.1) is 0 Å². The molecule has 0 aliphatic carbocycles. The topological polar surface area (TPSA) is 107 Å². The SMILES string of the molecule is CC(=O)O[C@@H](C(=O)OCCNc1ccnc2cc(Cl)ccc12)[C@@H](NC(=O)c1ccccc1)c1ccccc1. The van der Waals surface area contributed by atoms with Crippen LogP contribution in [0.3, 0.4) is 0 Å². The van der Waals surface area contributed by atoms with Crippen molar-refractivity contribution in [1.82, 2.24) is 10.3 Å². The maximum absolute atomic E-state index is 13.2. The average molecular weight is 532 g/mol. The molecule has 0 aliphatic heterocycles. The Balaban J connectivity index is 1.47. The van der Waals surface area contributed by atoms with Gasteiger partial charge >= 0.3 is 11.9 Å². The molecular formula is C29H26ClN3O5. The minimum Gasteiger partial charge on any atom is -0.461 e. The number of rotatable bonds is 10. The van der Waals surface area contributed by atoms with Gasteiger partial charge in [0.15, 0.2) is 0 Å². The number of benzene rings is 3. The van der Waals surface area contributed by atoms with Crippen molar-refractivity contribution in [2.45, 2.75) is 19.1 Å². The molecule has 0 saturated carbocycles. The van der Waals surface area contributed by atoms with Crippen LogP contribution < -0.4 is 10.6 Å². The zero-order chi connectivity index (χ0) is 26.9. The molecule has 0 saturated heterocycles. The lowest BCUT2D eigenvalue weighted by Crippen LogP contribution is -2.43. The standard InChI is InChI=1S/C29H26ClN3O5/c1-19(34)38-27(26(20-8-4-2-5-9-20)33-28(35)21-10-6-3-7-11-21)29(36)37-17-16-32-24-14-15-31-25-18-22(30)12-13-23(24)25/h2-15,18,26-27H,16-17H2,1H3,(H,31,32)(H,33,35)/t26-,27+/m0/s1. The highest BCUT2D eigenvalue weighted by Gasteiger charge is 2.35. The largest absolute Gasteiger partial charge is 0.461 e. The van der Waals surface area contributed by atoms with E-state index in [0.717, 1.165) is 16.6 Å². The predicted octanol–water partition coefficient (Wildman–Crippen LogP) is 4.95. The van der Waals surface area contributed by atoms with Gasteiger partial charge in [0.05, 0.1) is 5.52 Å². The van der Waals surface area contributed by atoms with Crippen LogP contribution >= 0.6 is 11.6 Å². The van der Waals surface area contributed by atoms with Crippen LogP contribution in [0.4, 0.5) is 5.69 Å². The van der Waals surface area contributed by atoms with Crippen molar-refractivity contribution in [3.05, 3.63) is 107 Å². The number of anilines is 1. The van der Waals surface area contributed by atoms with Gasteiger partial charge in [-0.25, -0.2) is 4.79 Å². The van der Waals surface area contributed by atoms with E-state index < -0.39 is 30.0 Å². The quantitative estimate of drug-likeness (QED) is 0.220. The van der Waals surface area contributed by atoms with Crippen molar-refractivity contribution in [1.29, 1.82) is 0 Å². The maximum Gasteiger partial charge on any atom is 0.350 e. The average Bonchev–Trinajstić information content (AvgIpc) is 2.93. The van der Waals surface area contributed by atoms with Gasteiger partial charge in [0.1, 0.15) is 12.6 Å². The molecule has 0 spiro atoms. The van der Waals surface area contributed by atoms with Crippen LogP contribution in [-0.4, -0.2) is 42.1 Å². The number of nitrogens with zero attached hydrogens (tertiary/aromatic N) is 1. The highest BCUT2D eigenvalue weighted by atomic mass is 35.5. The van der Waals surface area contributed by atoms with Crippen LogP contribution in [-0.2, 0) is 19.1 Å². The third kappa shape index (κ3) is 6.86. The summed E-state index contributed by atoms with van der Waals surface area (Å²) in [5, 5.41) is 7.50. The number of carbonyl (C=O) groups is 3. The summed E-state index contributed by atoms with van der Waals surface area (Å²) in [5.74, 6) is -1.88. The van der Waals surface area contributed by atoms with Gasteiger partial charge in [-0.1, -0.05) is 60.1 Å². The minimum atomic E-state index is -1.40. The third-order valence-corrected chi connectivity index (χ3v) is 5.91. The number of hydrogen-bond acceptors (Lipinski definition) is 7. The van der Waals surface area contributed by atoms with Crippen LogP contribution in [0.1, 0.15) is 28.9 Å². The fourth-order valence-corrected chi connectivity index (χ4v) is 4.10. The molecule has 0 unspecified atom stereocenters. The fraction of sp³-hybridized carbons (Fsp3) is 0.172. The smallest absolute Gasteiger partial charge is 0.350 e. The van der Waals surface area contributed by atoms with Gasteiger partial charge in [0.25, 0.3) is 5.91 Å². The van der Waals surface area contributed by atoms with E-state index in [1.165, 1.54) is 6.92 Å². The molecule has 3 aromatic carbocycles. The summed E-state index contributed by atoms with van der Waals surface area (Å²) in [4.78, 5) is 42.4. The van der Waals surface area contributed by atoms with E-state index in [4.69, 9.17) is 21.1 Å². The van der Waals surface area contributed by atoms with Crippen molar-refractivity contribution < 1.29 is 23.9 Å². The summed E-state index contributed by atoms with van der Waals surface area (Å²) in [6, 6.07) is 23.6. The number of ether oxygens (including phenoxy) is 2. The van der Waals surface area contributed by atoms with E-state index in [-0.39, 0.29) is 13.2 Å². The van der Waals surface area contributed by atoms with E-state index in [1.807, 2.05) is 12.1 Å². The first-order chi connectivity index (χ1) is 18.4. The Morgan fingerprint density at radius 1 is 0.947 bits per heavy atom. The van der Waals surface area contributed by atoms with Gasteiger partial charge in [0.2, 0.25) is 6.10 Å². The summed E-state index contributed by atoms with van der Waals surface area (Å²) in [5.41, 5.74) is 2.52. The molecule has 1 heterocycles.